The molecular formula is C19H15F3N2O2S. The molecule has 0 bridgehead atoms. The zero-order chi connectivity index (χ0) is 19.7. The van der Waals surface area contributed by atoms with Crippen LogP contribution in [0.5, 0.6) is 5.75 Å². The second-order valence-electron chi connectivity index (χ2n) is 5.79. The summed E-state index contributed by atoms with van der Waals surface area (Å²) in [7, 11) is 1.58. The van der Waals surface area contributed by atoms with Crippen LogP contribution in [0.2, 0.25) is 0 Å². The maximum atomic E-state index is 13.8. The second-order valence-corrected chi connectivity index (χ2v) is 6.99. The van der Waals surface area contributed by atoms with Gasteiger partial charge in [0, 0.05) is 10.4 Å². The van der Waals surface area contributed by atoms with E-state index in [1.807, 2.05) is 32.0 Å². The van der Waals surface area contributed by atoms with Crippen LogP contribution in [0.25, 0.3) is 11.3 Å². The van der Waals surface area contributed by atoms with Crippen LogP contribution in [0.1, 0.15) is 20.8 Å². The minimum absolute atomic E-state index is 0.227. The summed E-state index contributed by atoms with van der Waals surface area (Å²) in [6.45, 7) is 3.74. The number of methoxy groups -OCH3 is 1. The van der Waals surface area contributed by atoms with Gasteiger partial charge in [0.1, 0.15) is 5.75 Å². The van der Waals surface area contributed by atoms with Crippen LogP contribution in [0, 0.1) is 31.3 Å². The molecule has 140 valence electrons. The quantitative estimate of drug-likeness (QED) is 0.628. The van der Waals surface area contributed by atoms with Crippen LogP contribution < -0.4 is 10.1 Å². The number of nitrogens with one attached hydrogen (secondary N) is 1. The van der Waals surface area contributed by atoms with Crippen molar-refractivity contribution in [2.45, 2.75) is 13.8 Å². The van der Waals surface area contributed by atoms with Crippen molar-refractivity contribution in [2.75, 3.05) is 12.4 Å². The van der Waals surface area contributed by atoms with Gasteiger partial charge in [-0.2, -0.15) is 0 Å². The minimum atomic E-state index is -1.69. The van der Waals surface area contributed by atoms with Crippen molar-refractivity contribution in [1.82, 2.24) is 4.98 Å². The van der Waals surface area contributed by atoms with Gasteiger partial charge in [0.05, 0.1) is 18.4 Å². The first-order valence-corrected chi connectivity index (χ1v) is 8.70. The fourth-order valence-electron chi connectivity index (χ4n) is 2.61. The average Bonchev–Trinajstić information content (AvgIpc) is 2.99. The van der Waals surface area contributed by atoms with Crippen LogP contribution in [0.3, 0.4) is 0 Å². The SMILES string of the molecule is COc1ccc(-c2nc(NC(=O)c3ccc(F)c(F)c3F)sc2C)cc1C. The summed E-state index contributed by atoms with van der Waals surface area (Å²) < 4.78 is 45.4. The molecule has 27 heavy (non-hydrogen) atoms. The first kappa shape index (κ1) is 18.9. The molecule has 0 aliphatic carbocycles. The predicted octanol–water partition coefficient (Wildman–Crippen LogP) is 5.11. The fraction of sp³-hybridized carbons (Fsp3) is 0.158. The number of benzene rings is 2. The first-order chi connectivity index (χ1) is 12.8. The lowest BCUT2D eigenvalue weighted by Gasteiger charge is -2.06. The Bertz CT molecular complexity index is 1030. The van der Waals surface area contributed by atoms with Gasteiger partial charge in [-0.25, -0.2) is 18.2 Å². The third-order valence-electron chi connectivity index (χ3n) is 3.97. The summed E-state index contributed by atoms with van der Waals surface area (Å²) >= 11 is 1.20. The summed E-state index contributed by atoms with van der Waals surface area (Å²) in [5, 5.41) is 2.66. The molecule has 1 amide bonds. The second kappa shape index (κ2) is 7.40. The number of carbonyl (C=O) groups excluding carboxylic acids is 1. The lowest BCUT2D eigenvalue weighted by Crippen LogP contribution is -2.15. The highest BCUT2D eigenvalue weighted by molar-refractivity contribution is 7.16. The Hall–Kier alpha value is -2.87. The normalized spacial score (nSPS) is 10.7. The molecule has 0 radical (unpaired) electrons. The summed E-state index contributed by atoms with van der Waals surface area (Å²) in [5.41, 5.74) is 1.83. The van der Waals surface area contributed by atoms with Gasteiger partial charge < -0.3 is 4.74 Å². The molecule has 1 N–H and O–H groups in total. The molecule has 0 spiro atoms. The number of rotatable bonds is 4. The highest BCUT2D eigenvalue weighted by atomic mass is 32.1. The Balaban J connectivity index is 1.88. The third-order valence-corrected chi connectivity index (χ3v) is 4.85. The Labute approximate surface area is 157 Å². The molecule has 0 saturated carbocycles. The highest BCUT2D eigenvalue weighted by Gasteiger charge is 2.20. The Morgan fingerprint density at radius 3 is 2.52 bits per heavy atom. The number of hydrogen-bond donors (Lipinski definition) is 1. The molecule has 3 rings (SSSR count). The zero-order valence-electron chi connectivity index (χ0n) is 14.7. The zero-order valence-corrected chi connectivity index (χ0v) is 15.5. The van der Waals surface area contributed by atoms with E-state index in [0.717, 1.165) is 27.8 Å². The van der Waals surface area contributed by atoms with Crippen molar-refractivity contribution >= 4 is 22.4 Å². The number of amides is 1. The van der Waals surface area contributed by atoms with E-state index >= 15 is 0 Å². The molecule has 3 aromatic rings. The minimum Gasteiger partial charge on any atom is -0.496 e. The molecule has 8 heteroatoms. The summed E-state index contributed by atoms with van der Waals surface area (Å²) in [6, 6.07) is 7.15. The van der Waals surface area contributed by atoms with Crippen LogP contribution in [0.4, 0.5) is 18.3 Å². The summed E-state index contributed by atoms with van der Waals surface area (Å²) in [5.74, 6) is -4.74. The van der Waals surface area contributed by atoms with Crippen LogP contribution in [-0.2, 0) is 0 Å². The third kappa shape index (κ3) is 3.66. The van der Waals surface area contributed by atoms with Crippen molar-refractivity contribution < 1.29 is 22.7 Å². The summed E-state index contributed by atoms with van der Waals surface area (Å²) in [6.07, 6.45) is 0. The maximum absolute atomic E-state index is 13.8. The topological polar surface area (TPSA) is 51.2 Å². The van der Waals surface area contributed by atoms with Crippen molar-refractivity contribution in [3.8, 4) is 17.0 Å². The molecule has 0 unspecified atom stereocenters. The van der Waals surface area contributed by atoms with E-state index < -0.39 is 28.9 Å². The Morgan fingerprint density at radius 1 is 1.11 bits per heavy atom. The number of anilines is 1. The molecule has 0 saturated heterocycles. The molecular weight excluding hydrogens is 377 g/mol. The number of aryl methyl sites for hydroxylation is 2. The van der Waals surface area contributed by atoms with Crippen molar-refractivity contribution in [3.63, 3.8) is 0 Å². The number of halogens is 3. The number of carbonyl (C=O) groups is 1. The smallest absolute Gasteiger partial charge is 0.260 e. The Kier molecular flexibility index (Phi) is 5.18. The van der Waals surface area contributed by atoms with Crippen molar-refractivity contribution in [1.29, 1.82) is 0 Å². The van der Waals surface area contributed by atoms with Crippen LogP contribution in [-0.4, -0.2) is 18.0 Å². The van der Waals surface area contributed by atoms with Gasteiger partial charge in [-0.05, 0) is 49.7 Å². The van der Waals surface area contributed by atoms with E-state index in [2.05, 4.69) is 10.3 Å². The van der Waals surface area contributed by atoms with E-state index in [0.29, 0.717) is 11.8 Å². The van der Waals surface area contributed by atoms with E-state index in [-0.39, 0.29) is 5.13 Å². The highest BCUT2D eigenvalue weighted by Crippen LogP contribution is 2.33. The number of nitrogens with zero attached hydrogens (tertiary/aromatic N) is 1. The molecule has 0 fully saturated rings. The van der Waals surface area contributed by atoms with Gasteiger partial charge in [0.2, 0.25) is 0 Å². The van der Waals surface area contributed by atoms with E-state index in [4.69, 9.17) is 4.74 Å². The lowest BCUT2D eigenvalue weighted by atomic mass is 10.1. The standard InChI is InChI=1S/C19H15F3N2O2S/c1-9-8-11(4-7-14(9)26-3)17-10(2)27-19(23-17)24-18(25)12-5-6-13(20)16(22)15(12)21/h4-8H,1-3H3,(H,23,24,25). The van der Waals surface area contributed by atoms with Gasteiger partial charge >= 0.3 is 0 Å². The van der Waals surface area contributed by atoms with E-state index in [1.54, 1.807) is 7.11 Å². The number of hydrogen-bond acceptors (Lipinski definition) is 4. The van der Waals surface area contributed by atoms with Gasteiger partial charge in [-0.3, -0.25) is 10.1 Å². The van der Waals surface area contributed by atoms with Gasteiger partial charge in [-0.1, -0.05) is 0 Å². The van der Waals surface area contributed by atoms with Gasteiger partial charge in [-0.15, -0.1) is 11.3 Å². The number of thiazole rings is 1. The molecule has 1 heterocycles. The lowest BCUT2D eigenvalue weighted by molar-refractivity contribution is 0.102. The molecule has 0 atom stereocenters. The first-order valence-electron chi connectivity index (χ1n) is 7.89. The average molecular weight is 392 g/mol. The van der Waals surface area contributed by atoms with Gasteiger partial charge in [0.25, 0.3) is 5.91 Å². The van der Waals surface area contributed by atoms with Crippen molar-refractivity contribution in [3.05, 3.63) is 63.8 Å². The Morgan fingerprint density at radius 2 is 1.85 bits per heavy atom. The number of aromatic nitrogens is 1. The molecule has 0 aliphatic rings. The molecule has 2 aromatic carbocycles. The van der Waals surface area contributed by atoms with Gasteiger partial charge in [0.15, 0.2) is 22.6 Å². The van der Waals surface area contributed by atoms with E-state index in [1.165, 1.54) is 11.3 Å². The van der Waals surface area contributed by atoms with Crippen molar-refractivity contribution in [2.24, 2.45) is 0 Å². The largest absolute Gasteiger partial charge is 0.496 e. The molecule has 4 nitrogen and oxygen atoms in total. The molecule has 0 aliphatic heterocycles. The number of ether oxygens (including phenoxy) is 1. The van der Waals surface area contributed by atoms with E-state index in [9.17, 15) is 18.0 Å². The maximum Gasteiger partial charge on any atom is 0.260 e. The molecule has 1 aromatic heterocycles. The predicted molar refractivity (Wildman–Crippen MR) is 97.8 cm³/mol. The van der Waals surface area contributed by atoms with Crippen LogP contribution in [0.15, 0.2) is 30.3 Å². The fourth-order valence-corrected chi connectivity index (χ4v) is 3.44. The van der Waals surface area contributed by atoms with Crippen LogP contribution >= 0.6 is 11.3 Å². The monoisotopic (exact) mass is 392 g/mol. The summed E-state index contributed by atoms with van der Waals surface area (Å²) in [4.78, 5) is 17.4.